The first-order chi connectivity index (χ1) is 11.6. The molecule has 0 bridgehead atoms. The van der Waals surface area contributed by atoms with E-state index in [0.717, 1.165) is 24.5 Å². The number of aromatic nitrogens is 1. The number of thioether (sulfide) groups is 1. The van der Waals surface area contributed by atoms with Crippen molar-refractivity contribution in [1.82, 2.24) is 4.57 Å². The number of para-hydroxylation sites is 1. The molecule has 0 amide bonds. The normalized spacial score (nSPS) is 21.8. The molecule has 1 spiro atoms. The molecule has 3 heterocycles. The average molecular weight is 335 g/mol. The Kier molecular flexibility index (Phi) is 2.91. The second-order valence-corrected chi connectivity index (χ2v) is 8.21. The quantitative estimate of drug-likeness (QED) is 0.576. The zero-order chi connectivity index (χ0) is 16.5. The van der Waals surface area contributed by atoms with Crippen LogP contribution in [0.2, 0.25) is 0 Å². The Hall–Kier alpha value is -1.87. The van der Waals surface area contributed by atoms with Crippen LogP contribution in [0.15, 0.2) is 41.4 Å². The Balaban J connectivity index is 1.91. The van der Waals surface area contributed by atoms with Crippen molar-refractivity contribution in [1.29, 1.82) is 0 Å². The van der Waals surface area contributed by atoms with Gasteiger partial charge in [-0.3, -0.25) is 0 Å². The van der Waals surface area contributed by atoms with Crippen LogP contribution in [0.25, 0.3) is 10.9 Å². The predicted octanol–water partition coefficient (Wildman–Crippen LogP) is 4.97. The maximum Gasteiger partial charge on any atom is 0.126 e. The first-order valence-electron chi connectivity index (χ1n) is 8.58. The molecule has 0 saturated heterocycles. The van der Waals surface area contributed by atoms with Gasteiger partial charge in [-0.25, -0.2) is 0 Å². The summed E-state index contributed by atoms with van der Waals surface area (Å²) in [6, 6.07) is 13.3. The first kappa shape index (κ1) is 14.5. The highest BCUT2D eigenvalue weighted by Gasteiger charge is 2.48. The van der Waals surface area contributed by atoms with Gasteiger partial charge in [0.05, 0.1) is 10.4 Å². The lowest BCUT2D eigenvalue weighted by Crippen LogP contribution is -2.34. The molecule has 2 aliphatic heterocycles. The first-order valence-corrected chi connectivity index (χ1v) is 9.56. The molecule has 0 fully saturated rings. The van der Waals surface area contributed by atoms with Gasteiger partial charge >= 0.3 is 0 Å². The highest BCUT2D eigenvalue weighted by atomic mass is 32.2. The molecule has 5 rings (SSSR count). The van der Waals surface area contributed by atoms with E-state index in [4.69, 9.17) is 4.74 Å². The van der Waals surface area contributed by atoms with Gasteiger partial charge in [-0.05, 0) is 37.5 Å². The lowest BCUT2D eigenvalue weighted by Gasteiger charge is -2.34. The molecule has 1 unspecified atom stereocenters. The fourth-order valence-corrected chi connectivity index (χ4v) is 6.06. The van der Waals surface area contributed by atoms with E-state index in [9.17, 15) is 0 Å². The topological polar surface area (TPSA) is 14.2 Å². The number of fused-ring (bicyclic) bond motifs is 6. The van der Waals surface area contributed by atoms with Gasteiger partial charge in [0, 0.05) is 34.8 Å². The molecule has 1 aromatic heterocycles. The van der Waals surface area contributed by atoms with Gasteiger partial charge in [0.2, 0.25) is 0 Å². The zero-order valence-corrected chi connectivity index (χ0v) is 15.2. The number of rotatable bonds is 0. The van der Waals surface area contributed by atoms with Crippen LogP contribution in [0.4, 0.5) is 0 Å². The van der Waals surface area contributed by atoms with E-state index in [1.54, 1.807) is 0 Å². The SMILES string of the molecule is Cc1ccc(C)c2c1OCC21CCSc2c1c1ccccc1n2C. The fraction of sp³-hybridized carbons (Fsp3) is 0.333. The van der Waals surface area contributed by atoms with E-state index in [1.807, 2.05) is 11.8 Å². The van der Waals surface area contributed by atoms with Gasteiger partial charge in [-0.1, -0.05) is 30.3 Å². The molecule has 3 heteroatoms. The molecule has 2 aliphatic rings. The highest BCUT2D eigenvalue weighted by molar-refractivity contribution is 7.99. The van der Waals surface area contributed by atoms with Crippen molar-refractivity contribution in [3.8, 4) is 5.75 Å². The largest absolute Gasteiger partial charge is 0.492 e. The number of hydrogen-bond acceptors (Lipinski definition) is 2. The van der Waals surface area contributed by atoms with Gasteiger partial charge in [0.15, 0.2) is 0 Å². The Bertz CT molecular complexity index is 987. The highest BCUT2D eigenvalue weighted by Crippen LogP contribution is 2.56. The summed E-state index contributed by atoms with van der Waals surface area (Å²) in [7, 11) is 2.20. The Morgan fingerprint density at radius 2 is 1.83 bits per heavy atom. The summed E-state index contributed by atoms with van der Waals surface area (Å²) in [6.45, 7) is 5.18. The number of aryl methyl sites for hydroxylation is 3. The van der Waals surface area contributed by atoms with Crippen LogP contribution in [0, 0.1) is 13.8 Å². The van der Waals surface area contributed by atoms with Crippen LogP contribution in [0.5, 0.6) is 5.75 Å². The van der Waals surface area contributed by atoms with Crippen molar-refractivity contribution in [2.45, 2.75) is 30.7 Å². The molecule has 2 aromatic carbocycles. The number of benzene rings is 2. The van der Waals surface area contributed by atoms with Gasteiger partial charge < -0.3 is 9.30 Å². The monoisotopic (exact) mass is 335 g/mol. The summed E-state index contributed by atoms with van der Waals surface area (Å²) in [6.07, 6.45) is 1.15. The smallest absolute Gasteiger partial charge is 0.126 e. The molecule has 0 N–H and O–H groups in total. The molecule has 122 valence electrons. The van der Waals surface area contributed by atoms with Crippen LogP contribution in [-0.2, 0) is 12.5 Å². The van der Waals surface area contributed by atoms with E-state index in [0.29, 0.717) is 0 Å². The van der Waals surface area contributed by atoms with Crippen LogP contribution < -0.4 is 4.74 Å². The lowest BCUT2D eigenvalue weighted by molar-refractivity contribution is 0.283. The van der Waals surface area contributed by atoms with E-state index in [2.05, 4.69) is 61.9 Å². The van der Waals surface area contributed by atoms with E-state index < -0.39 is 0 Å². The van der Waals surface area contributed by atoms with Crippen molar-refractivity contribution >= 4 is 22.7 Å². The van der Waals surface area contributed by atoms with E-state index in [1.165, 1.54) is 38.2 Å². The van der Waals surface area contributed by atoms with E-state index >= 15 is 0 Å². The number of hydrogen-bond donors (Lipinski definition) is 0. The second kappa shape index (κ2) is 4.82. The van der Waals surface area contributed by atoms with Crippen molar-refractivity contribution in [2.75, 3.05) is 12.4 Å². The third-order valence-electron chi connectivity index (χ3n) is 5.80. The molecule has 1 atom stereocenters. The fourth-order valence-electron chi connectivity index (χ4n) is 4.68. The van der Waals surface area contributed by atoms with Crippen molar-refractivity contribution in [3.05, 3.63) is 58.7 Å². The van der Waals surface area contributed by atoms with Gasteiger partial charge in [-0.2, -0.15) is 0 Å². The van der Waals surface area contributed by atoms with Crippen molar-refractivity contribution in [3.63, 3.8) is 0 Å². The standard InChI is InChI=1S/C21H21NOS/c1-13-8-9-14(2)19-17(13)21(12-23-19)10-11-24-20-18(21)15-6-4-5-7-16(15)22(20)3/h4-9H,10-12H2,1-3H3. The van der Waals surface area contributed by atoms with E-state index in [-0.39, 0.29) is 5.41 Å². The van der Waals surface area contributed by atoms with Crippen molar-refractivity contribution < 1.29 is 4.74 Å². The predicted molar refractivity (Wildman–Crippen MR) is 100 cm³/mol. The average Bonchev–Trinajstić information content (AvgIpc) is 3.11. The van der Waals surface area contributed by atoms with Gasteiger partial charge in [0.25, 0.3) is 0 Å². The summed E-state index contributed by atoms with van der Waals surface area (Å²) < 4.78 is 8.67. The van der Waals surface area contributed by atoms with Gasteiger partial charge in [-0.15, -0.1) is 11.8 Å². The molecule has 0 radical (unpaired) electrons. The minimum absolute atomic E-state index is 0.00683. The molecule has 2 nitrogen and oxygen atoms in total. The summed E-state index contributed by atoms with van der Waals surface area (Å²) in [5.74, 6) is 2.27. The minimum Gasteiger partial charge on any atom is -0.492 e. The van der Waals surface area contributed by atoms with Crippen LogP contribution in [0.1, 0.15) is 28.7 Å². The molecule has 0 aliphatic carbocycles. The second-order valence-electron chi connectivity index (χ2n) is 7.13. The van der Waals surface area contributed by atoms with Crippen molar-refractivity contribution in [2.24, 2.45) is 7.05 Å². The maximum absolute atomic E-state index is 6.30. The zero-order valence-electron chi connectivity index (χ0n) is 14.3. The molecule has 0 saturated carbocycles. The summed E-state index contributed by atoms with van der Waals surface area (Å²) in [4.78, 5) is 0. The maximum atomic E-state index is 6.30. The summed E-state index contributed by atoms with van der Waals surface area (Å²) in [5.41, 5.74) is 6.87. The molecule has 24 heavy (non-hydrogen) atoms. The minimum atomic E-state index is 0.00683. The third kappa shape index (κ3) is 1.63. The van der Waals surface area contributed by atoms with Gasteiger partial charge in [0.1, 0.15) is 12.4 Å². The van der Waals surface area contributed by atoms with Crippen LogP contribution >= 0.6 is 11.8 Å². The summed E-state index contributed by atoms with van der Waals surface area (Å²) in [5, 5.41) is 2.80. The molecular weight excluding hydrogens is 314 g/mol. The Labute approximate surface area is 146 Å². The lowest BCUT2D eigenvalue weighted by atomic mass is 9.72. The van der Waals surface area contributed by atoms with Crippen LogP contribution in [0.3, 0.4) is 0 Å². The number of ether oxygens (including phenoxy) is 1. The third-order valence-corrected chi connectivity index (χ3v) is 6.96. The molecular formula is C21H21NOS. The summed E-state index contributed by atoms with van der Waals surface area (Å²) >= 11 is 1.99. The Morgan fingerprint density at radius 1 is 1.04 bits per heavy atom. The Morgan fingerprint density at radius 3 is 2.71 bits per heavy atom. The number of nitrogens with zero attached hydrogens (tertiary/aromatic N) is 1. The molecule has 3 aromatic rings. The van der Waals surface area contributed by atoms with Crippen LogP contribution in [-0.4, -0.2) is 16.9 Å².